The van der Waals surface area contributed by atoms with E-state index in [1.54, 1.807) is 11.5 Å². The Hall–Kier alpha value is -1.92. The Bertz CT molecular complexity index is 674. The van der Waals surface area contributed by atoms with Gasteiger partial charge in [0.15, 0.2) is 0 Å². The lowest BCUT2D eigenvalue weighted by atomic mass is 9.70. The van der Waals surface area contributed by atoms with Crippen molar-refractivity contribution in [1.82, 2.24) is 15.3 Å². The van der Waals surface area contributed by atoms with E-state index in [0.717, 1.165) is 62.9 Å². The number of benzene rings is 1. The summed E-state index contributed by atoms with van der Waals surface area (Å²) in [5.41, 5.74) is 4.15. The first-order valence-electron chi connectivity index (χ1n) is 8.95. The van der Waals surface area contributed by atoms with E-state index in [1.165, 1.54) is 0 Å². The SMILES string of the molecule is CN(C)CCCN1CCC2(CCc3cc(C(=O)NO)ccc3C2)C1=O. The number of aryl methyl sites for hydroxylation is 1. The summed E-state index contributed by atoms with van der Waals surface area (Å²) in [6, 6.07) is 5.49. The molecule has 1 aromatic rings. The number of amides is 2. The molecule has 0 radical (unpaired) electrons. The number of hydrogen-bond donors (Lipinski definition) is 2. The molecule has 3 rings (SSSR count). The van der Waals surface area contributed by atoms with Gasteiger partial charge in [-0.25, -0.2) is 5.48 Å². The quantitative estimate of drug-likeness (QED) is 0.626. The molecule has 0 saturated carbocycles. The van der Waals surface area contributed by atoms with Crippen LogP contribution < -0.4 is 5.48 Å². The second-order valence-electron chi connectivity index (χ2n) is 7.58. The largest absolute Gasteiger partial charge is 0.342 e. The van der Waals surface area contributed by atoms with E-state index in [2.05, 4.69) is 19.0 Å². The van der Waals surface area contributed by atoms with Crippen LogP contribution in [0.3, 0.4) is 0 Å². The zero-order chi connectivity index (χ0) is 18.0. The smallest absolute Gasteiger partial charge is 0.274 e. The van der Waals surface area contributed by atoms with Crippen LogP contribution in [0.25, 0.3) is 0 Å². The van der Waals surface area contributed by atoms with Crippen LogP contribution in [0.15, 0.2) is 18.2 Å². The number of hydroxylamine groups is 1. The van der Waals surface area contributed by atoms with Gasteiger partial charge >= 0.3 is 0 Å². The Balaban J connectivity index is 1.69. The molecule has 1 aliphatic heterocycles. The van der Waals surface area contributed by atoms with Crippen molar-refractivity contribution >= 4 is 11.8 Å². The van der Waals surface area contributed by atoms with Crippen LogP contribution in [0.4, 0.5) is 0 Å². The van der Waals surface area contributed by atoms with Crippen LogP contribution in [0.1, 0.15) is 40.7 Å². The molecule has 6 nitrogen and oxygen atoms in total. The molecule has 1 heterocycles. The third-order valence-corrected chi connectivity index (χ3v) is 5.61. The topological polar surface area (TPSA) is 72.9 Å². The van der Waals surface area contributed by atoms with Crippen LogP contribution in [-0.2, 0) is 17.6 Å². The number of fused-ring (bicyclic) bond motifs is 1. The summed E-state index contributed by atoms with van der Waals surface area (Å²) in [4.78, 5) is 28.7. The molecule has 0 aromatic heterocycles. The summed E-state index contributed by atoms with van der Waals surface area (Å²) >= 11 is 0. The summed E-state index contributed by atoms with van der Waals surface area (Å²) in [6.07, 6.45) is 4.33. The summed E-state index contributed by atoms with van der Waals surface area (Å²) < 4.78 is 0. The Morgan fingerprint density at radius 3 is 2.84 bits per heavy atom. The van der Waals surface area contributed by atoms with E-state index in [4.69, 9.17) is 5.21 Å². The number of carbonyl (C=O) groups is 2. The highest BCUT2D eigenvalue weighted by atomic mass is 16.5. The lowest BCUT2D eigenvalue weighted by Gasteiger charge is -2.33. The fourth-order valence-electron chi connectivity index (χ4n) is 4.14. The minimum atomic E-state index is -0.493. The van der Waals surface area contributed by atoms with Crippen molar-refractivity contribution < 1.29 is 14.8 Å². The maximum absolute atomic E-state index is 13.0. The third kappa shape index (κ3) is 3.55. The average molecular weight is 345 g/mol. The van der Waals surface area contributed by atoms with Crippen molar-refractivity contribution in [3.05, 3.63) is 34.9 Å². The molecule has 1 atom stereocenters. The van der Waals surface area contributed by atoms with E-state index >= 15 is 0 Å². The van der Waals surface area contributed by atoms with Crippen LogP contribution in [-0.4, -0.2) is 60.6 Å². The minimum Gasteiger partial charge on any atom is -0.342 e. The number of hydrogen-bond acceptors (Lipinski definition) is 4. The van der Waals surface area contributed by atoms with Gasteiger partial charge in [-0.15, -0.1) is 0 Å². The first-order valence-corrected chi connectivity index (χ1v) is 8.95. The number of nitrogens with one attached hydrogen (secondary N) is 1. The lowest BCUT2D eigenvalue weighted by molar-refractivity contribution is -0.136. The lowest BCUT2D eigenvalue weighted by Crippen LogP contribution is -2.39. The highest BCUT2D eigenvalue weighted by Crippen LogP contribution is 2.43. The fraction of sp³-hybridized carbons (Fsp3) is 0.579. The molecule has 1 aromatic carbocycles. The average Bonchev–Trinajstić information content (AvgIpc) is 2.90. The highest BCUT2D eigenvalue weighted by Gasteiger charge is 2.47. The maximum atomic E-state index is 13.0. The first kappa shape index (κ1) is 17.9. The predicted molar refractivity (Wildman–Crippen MR) is 94.5 cm³/mol. The van der Waals surface area contributed by atoms with Gasteiger partial charge in [0.1, 0.15) is 0 Å². The van der Waals surface area contributed by atoms with Crippen molar-refractivity contribution in [3.63, 3.8) is 0 Å². The van der Waals surface area contributed by atoms with Crippen molar-refractivity contribution in [2.75, 3.05) is 33.7 Å². The van der Waals surface area contributed by atoms with Gasteiger partial charge in [0.05, 0.1) is 5.41 Å². The van der Waals surface area contributed by atoms with E-state index in [9.17, 15) is 9.59 Å². The summed E-state index contributed by atoms with van der Waals surface area (Å²) in [5.74, 6) is -0.193. The second-order valence-corrected chi connectivity index (χ2v) is 7.58. The highest BCUT2D eigenvalue weighted by molar-refractivity contribution is 5.93. The van der Waals surface area contributed by atoms with Gasteiger partial charge < -0.3 is 9.80 Å². The van der Waals surface area contributed by atoms with Crippen LogP contribution in [0, 0.1) is 5.41 Å². The number of rotatable bonds is 5. The van der Waals surface area contributed by atoms with Crippen molar-refractivity contribution in [2.24, 2.45) is 5.41 Å². The van der Waals surface area contributed by atoms with Crippen molar-refractivity contribution in [3.8, 4) is 0 Å². The van der Waals surface area contributed by atoms with Crippen LogP contribution in [0.2, 0.25) is 0 Å². The molecule has 1 fully saturated rings. The van der Waals surface area contributed by atoms with Gasteiger partial charge in [-0.1, -0.05) is 6.07 Å². The van der Waals surface area contributed by atoms with Gasteiger partial charge in [0, 0.05) is 18.7 Å². The zero-order valence-electron chi connectivity index (χ0n) is 15.0. The van der Waals surface area contributed by atoms with Gasteiger partial charge in [-0.3, -0.25) is 14.8 Å². The van der Waals surface area contributed by atoms with Crippen molar-refractivity contribution in [1.29, 1.82) is 0 Å². The first-order chi connectivity index (χ1) is 11.9. The summed E-state index contributed by atoms with van der Waals surface area (Å²) in [7, 11) is 4.10. The molecule has 136 valence electrons. The van der Waals surface area contributed by atoms with Crippen molar-refractivity contribution in [2.45, 2.75) is 32.1 Å². The molecule has 25 heavy (non-hydrogen) atoms. The summed E-state index contributed by atoms with van der Waals surface area (Å²) in [5, 5.41) is 8.78. The number of nitrogens with zero attached hydrogens (tertiary/aromatic N) is 2. The molecule has 1 aliphatic carbocycles. The summed E-state index contributed by atoms with van der Waals surface area (Å²) in [6.45, 7) is 2.68. The Morgan fingerprint density at radius 1 is 1.32 bits per heavy atom. The third-order valence-electron chi connectivity index (χ3n) is 5.61. The minimum absolute atomic E-state index is 0.258. The monoisotopic (exact) mass is 345 g/mol. The molecule has 1 unspecified atom stereocenters. The molecule has 2 amide bonds. The van der Waals surface area contributed by atoms with E-state index < -0.39 is 5.91 Å². The molecule has 1 spiro atoms. The number of carbonyl (C=O) groups excluding carboxylic acids is 2. The Labute approximate surface area is 148 Å². The molecule has 6 heteroatoms. The van der Waals surface area contributed by atoms with E-state index in [1.807, 2.05) is 17.0 Å². The molecule has 0 bridgehead atoms. The normalized spacial score (nSPS) is 22.6. The molecule has 1 saturated heterocycles. The predicted octanol–water partition coefficient (Wildman–Crippen LogP) is 1.46. The fourth-order valence-corrected chi connectivity index (χ4v) is 4.14. The Morgan fingerprint density at radius 2 is 2.12 bits per heavy atom. The number of likely N-dealkylation sites (tertiary alicyclic amines) is 1. The maximum Gasteiger partial charge on any atom is 0.274 e. The van der Waals surface area contributed by atoms with Gasteiger partial charge in [-0.2, -0.15) is 0 Å². The molecule has 2 aliphatic rings. The van der Waals surface area contributed by atoms with Gasteiger partial charge in [0.2, 0.25) is 5.91 Å². The second kappa shape index (κ2) is 7.14. The van der Waals surface area contributed by atoms with Crippen LogP contribution >= 0.6 is 0 Å². The van der Waals surface area contributed by atoms with E-state index in [0.29, 0.717) is 11.5 Å². The zero-order valence-corrected chi connectivity index (χ0v) is 15.0. The van der Waals surface area contributed by atoms with Crippen LogP contribution in [0.5, 0.6) is 0 Å². The molecule has 2 N–H and O–H groups in total. The van der Waals surface area contributed by atoms with Gasteiger partial charge in [0.25, 0.3) is 5.91 Å². The Kier molecular flexibility index (Phi) is 5.11. The molecular weight excluding hydrogens is 318 g/mol. The standard InChI is InChI=1S/C19H27N3O3/c1-21(2)9-3-10-22-11-8-19(18(22)24)7-6-14-12-15(17(23)20-25)4-5-16(14)13-19/h4-5,12,25H,3,6-11,13H2,1-2H3,(H,20,23). The van der Waals surface area contributed by atoms with E-state index in [-0.39, 0.29) is 5.41 Å². The van der Waals surface area contributed by atoms with Gasteiger partial charge in [-0.05, 0) is 76.0 Å². The molecular formula is C19H27N3O3.